The topological polar surface area (TPSA) is 73.9 Å². The van der Waals surface area contributed by atoms with E-state index in [1.807, 2.05) is 0 Å². The van der Waals surface area contributed by atoms with E-state index in [2.05, 4.69) is 5.32 Å². The highest BCUT2D eigenvalue weighted by Crippen LogP contribution is 2.37. The summed E-state index contributed by atoms with van der Waals surface area (Å²) in [4.78, 5) is 24.1. The molecule has 6 heteroatoms. The lowest BCUT2D eigenvalue weighted by Gasteiger charge is -2.28. The van der Waals surface area contributed by atoms with Gasteiger partial charge in [0.1, 0.15) is 5.75 Å². The molecule has 0 aromatic heterocycles. The van der Waals surface area contributed by atoms with Crippen LogP contribution in [0.4, 0.5) is 0 Å². The minimum atomic E-state index is -1.64. The second kappa shape index (κ2) is 5.50. The molecule has 108 valence electrons. The van der Waals surface area contributed by atoms with Crippen LogP contribution in [0.25, 0.3) is 0 Å². The van der Waals surface area contributed by atoms with Crippen LogP contribution in [-0.4, -0.2) is 45.4 Å². The number of amides is 1. The van der Waals surface area contributed by atoms with Gasteiger partial charge < -0.3 is 19.5 Å². The van der Waals surface area contributed by atoms with E-state index < -0.39 is 23.4 Å². The Morgan fingerprint density at radius 1 is 1.25 bits per heavy atom. The molecule has 2 atom stereocenters. The van der Waals surface area contributed by atoms with Gasteiger partial charge in [-0.1, -0.05) is 12.1 Å². The zero-order valence-electron chi connectivity index (χ0n) is 11.6. The van der Waals surface area contributed by atoms with E-state index in [4.69, 9.17) is 14.2 Å². The molecule has 1 aliphatic rings. The molecular formula is C14H17NO5. The average Bonchev–Trinajstić information content (AvgIpc) is 2.84. The normalized spacial score (nSPS) is 25.1. The fourth-order valence-corrected chi connectivity index (χ4v) is 2.52. The second-order valence-electron chi connectivity index (χ2n) is 4.47. The Labute approximate surface area is 117 Å². The van der Waals surface area contributed by atoms with Crippen molar-refractivity contribution in [2.75, 3.05) is 27.9 Å². The first kappa shape index (κ1) is 14.3. The lowest BCUT2D eigenvalue weighted by molar-refractivity contribution is -0.171. The molecule has 0 saturated carbocycles. The maximum absolute atomic E-state index is 12.1. The average molecular weight is 279 g/mol. The van der Waals surface area contributed by atoms with E-state index in [9.17, 15) is 9.59 Å². The Morgan fingerprint density at radius 2 is 1.90 bits per heavy atom. The number of rotatable bonds is 4. The van der Waals surface area contributed by atoms with Gasteiger partial charge in [-0.2, -0.15) is 0 Å². The van der Waals surface area contributed by atoms with Gasteiger partial charge in [-0.15, -0.1) is 0 Å². The van der Waals surface area contributed by atoms with Gasteiger partial charge in [0.2, 0.25) is 0 Å². The van der Waals surface area contributed by atoms with Crippen molar-refractivity contribution >= 4 is 11.9 Å². The van der Waals surface area contributed by atoms with Crippen LogP contribution in [-0.2, 0) is 19.1 Å². The Morgan fingerprint density at radius 3 is 2.40 bits per heavy atom. The zero-order chi connectivity index (χ0) is 14.8. The Kier molecular flexibility index (Phi) is 3.94. The smallest absolute Gasteiger partial charge is 0.348 e. The summed E-state index contributed by atoms with van der Waals surface area (Å²) in [6.45, 7) is 0.314. The Hall–Kier alpha value is -2.08. The van der Waals surface area contributed by atoms with Gasteiger partial charge >= 0.3 is 5.97 Å². The minimum absolute atomic E-state index is 0.314. The van der Waals surface area contributed by atoms with Gasteiger partial charge in [-0.3, -0.25) is 4.79 Å². The van der Waals surface area contributed by atoms with Gasteiger partial charge in [-0.05, 0) is 17.7 Å². The quantitative estimate of drug-likeness (QED) is 0.640. The van der Waals surface area contributed by atoms with E-state index in [0.29, 0.717) is 12.3 Å². The number of benzene rings is 1. The van der Waals surface area contributed by atoms with Gasteiger partial charge in [-0.25, -0.2) is 4.79 Å². The summed E-state index contributed by atoms with van der Waals surface area (Å²) in [7, 11) is 4.14. The van der Waals surface area contributed by atoms with Crippen LogP contribution in [0.5, 0.6) is 5.75 Å². The van der Waals surface area contributed by atoms with E-state index in [0.717, 1.165) is 5.56 Å². The lowest BCUT2D eigenvalue weighted by atomic mass is 9.84. The molecule has 0 bridgehead atoms. The van der Waals surface area contributed by atoms with Crippen molar-refractivity contribution in [3.8, 4) is 5.75 Å². The summed E-state index contributed by atoms with van der Waals surface area (Å²) in [5.74, 6) is -0.922. The van der Waals surface area contributed by atoms with Crippen molar-refractivity contribution in [3.05, 3.63) is 29.8 Å². The molecule has 0 radical (unpaired) electrons. The van der Waals surface area contributed by atoms with Gasteiger partial charge in [0, 0.05) is 13.7 Å². The molecule has 0 unspecified atom stereocenters. The maximum atomic E-state index is 12.1. The molecule has 1 N–H and O–H groups in total. The van der Waals surface area contributed by atoms with Crippen LogP contribution in [0.15, 0.2) is 24.3 Å². The van der Waals surface area contributed by atoms with Crippen LogP contribution in [0.3, 0.4) is 0 Å². The SMILES string of the molecule is COC(=O)[C@]1(OC)C(=O)NC[C@H]1c1ccc(OC)cc1. The molecule has 1 fully saturated rings. The fraction of sp³-hybridized carbons (Fsp3) is 0.429. The summed E-state index contributed by atoms with van der Waals surface area (Å²) < 4.78 is 15.1. The second-order valence-corrected chi connectivity index (χ2v) is 4.47. The molecule has 1 aromatic rings. The molecule has 2 rings (SSSR count). The first-order chi connectivity index (χ1) is 9.59. The van der Waals surface area contributed by atoms with E-state index >= 15 is 0 Å². The number of methoxy groups -OCH3 is 3. The van der Waals surface area contributed by atoms with Crippen LogP contribution < -0.4 is 10.1 Å². The van der Waals surface area contributed by atoms with Gasteiger partial charge in [0.25, 0.3) is 11.5 Å². The summed E-state index contributed by atoms with van der Waals surface area (Å²) in [5, 5.41) is 2.66. The molecule has 1 amide bonds. The van der Waals surface area contributed by atoms with Crippen molar-refractivity contribution < 1.29 is 23.8 Å². The van der Waals surface area contributed by atoms with Crippen LogP contribution in [0, 0.1) is 0 Å². The number of ether oxygens (including phenoxy) is 3. The number of carbonyl (C=O) groups is 2. The molecule has 1 aliphatic heterocycles. The molecule has 0 aliphatic carbocycles. The third-order valence-corrected chi connectivity index (χ3v) is 3.62. The molecular weight excluding hydrogens is 262 g/mol. The highest BCUT2D eigenvalue weighted by Gasteiger charge is 2.58. The monoisotopic (exact) mass is 279 g/mol. The van der Waals surface area contributed by atoms with Crippen molar-refractivity contribution in [2.45, 2.75) is 11.5 Å². The first-order valence-corrected chi connectivity index (χ1v) is 6.16. The van der Waals surface area contributed by atoms with Crippen molar-refractivity contribution in [2.24, 2.45) is 0 Å². The predicted molar refractivity (Wildman–Crippen MR) is 70.5 cm³/mol. The summed E-state index contributed by atoms with van der Waals surface area (Å²) in [6.07, 6.45) is 0. The predicted octanol–water partition coefficient (Wildman–Crippen LogP) is 0.467. The summed E-state index contributed by atoms with van der Waals surface area (Å²) in [5.41, 5.74) is -0.833. The van der Waals surface area contributed by atoms with Crippen molar-refractivity contribution in [1.29, 1.82) is 0 Å². The molecule has 6 nitrogen and oxygen atoms in total. The van der Waals surface area contributed by atoms with E-state index in [1.165, 1.54) is 14.2 Å². The third kappa shape index (κ3) is 2.02. The fourth-order valence-electron chi connectivity index (χ4n) is 2.52. The van der Waals surface area contributed by atoms with Crippen LogP contribution in [0.1, 0.15) is 11.5 Å². The molecule has 0 spiro atoms. The highest BCUT2D eigenvalue weighted by atomic mass is 16.6. The van der Waals surface area contributed by atoms with E-state index in [1.54, 1.807) is 31.4 Å². The highest BCUT2D eigenvalue weighted by molar-refractivity contribution is 6.09. The van der Waals surface area contributed by atoms with Gasteiger partial charge in [0.15, 0.2) is 0 Å². The molecule has 1 saturated heterocycles. The van der Waals surface area contributed by atoms with Gasteiger partial charge in [0.05, 0.1) is 20.1 Å². The molecule has 20 heavy (non-hydrogen) atoms. The summed E-state index contributed by atoms with van der Waals surface area (Å²) >= 11 is 0. The number of carbonyl (C=O) groups excluding carboxylic acids is 2. The number of nitrogens with one attached hydrogen (secondary N) is 1. The number of hydrogen-bond acceptors (Lipinski definition) is 5. The zero-order valence-corrected chi connectivity index (χ0v) is 11.6. The largest absolute Gasteiger partial charge is 0.497 e. The van der Waals surface area contributed by atoms with Crippen molar-refractivity contribution in [3.63, 3.8) is 0 Å². The number of esters is 1. The lowest BCUT2D eigenvalue weighted by Crippen LogP contribution is -2.51. The third-order valence-electron chi connectivity index (χ3n) is 3.62. The van der Waals surface area contributed by atoms with Crippen LogP contribution in [0.2, 0.25) is 0 Å². The Balaban J connectivity index is 2.42. The van der Waals surface area contributed by atoms with E-state index in [-0.39, 0.29) is 0 Å². The van der Waals surface area contributed by atoms with Crippen LogP contribution >= 0.6 is 0 Å². The molecule has 1 aromatic carbocycles. The summed E-state index contributed by atoms with van der Waals surface area (Å²) in [6, 6.07) is 7.16. The first-order valence-electron chi connectivity index (χ1n) is 6.16. The maximum Gasteiger partial charge on any atom is 0.348 e. The Bertz CT molecular complexity index is 513. The number of hydrogen-bond donors (Lipinski definition) is 1. The standard InChI is InChI=1S/C14H17NO5/c1-18-10-6-4-9(5-7-10)11-8-15-12(16)14(11,20-3)13(17)19-2/h4-7,11H,8H2,1-3H3,(H,15,16)/t11-,14+/m0/s1. The minimum Gasteiger partial charge on any atom is -0.497 e. The van der Waals surface area contributed by atoms with Crippen molar-refractivity contribution in [1.82, 2.24) is 5.32 Å². The molecule has 1 heterocycles.